The standard InChI is InChI=1S/C18H19N3O2S/c1-3-5-11-20-13-9-7-6-8-12(13)14(16(20)22)15-17(23)21(10-4-2)18(24)19-15/h4,6-9,22H,2-3,5,10-11H2,1H3. The second-order valence-corrected chi connectivity index (χ2v) is 6.03. The van der Waals surface area contributed by atoms with Crippen molar-refractivity contribution >= 4 is 39.9 Å². The van der Waals surface area contributed by atoms with E-state index >= 15 is 0 Å². The van der Waals surface area contributed by atoms with Crippen LogP contribution in [0.3, 0.4) is 0 Å². The largest absolute Gasteiger partial charge is 0.494 e. The number of aliphatic imine (C=N–C) groups is 1. The van der Waals surface area contributed by atoms with E-state index in [2.05, 4.69) is 18.5 Å². The van der Waals surface area contributed by atoms with Gasteiger partial charge < -0.3 is 9.67 Å². The van der Waals surface area contributed by atoms with Crippen molar-refractivity contribution < 1.29 is 9.90 Å². The number of benzene rings is 1. The number of aromatic nitrogens is 1. The summed E-state index contributed by atoms with van der Waals surface area (Å²) in [5, 5.41) is 11.8. The molecule has 0 unspecified atom stereocenters. The van der Waals surface area contributed by atoms with Gasteiger partial charge in [-0.15, -0.1) is 6.58 Å². The average Bonchev–Trinajstić information content (AvgIpc) is 3.01. The van der Waals surface area contributed by atoms with Crippen LogP contribution in [0.4, 0.5) is 0 Å². The first-order valence-electron chi connectivity index (χ1n) is 7.96. The molecule has 1 aliphatic rings. The highest BCUT2D eigenvalue weighted by Crippen LogP contribution is 2.34. The number of para-hydroxylation sites is 1. The number of carbonyl (C=O) groups excluding carboxylic acids is 1. The van der Waals surface area contributed by atoms with Crippen LogP contribution >= 0.6 is 12.2 Å². The Morgan fingerprint density at radius 2 is 2.12 bits per heavy atom. The number of unbranched alkanes of at least 4 members (excludes halogenated alkanes) is 1. The lowest BCUT2D eigenvalue weighted by molar-refractivity contribution is -0.119. The summed E-state index contributed by atoms with van der Waals surface area (Å²) < 4.78 is 1.84. The van der Waals surface area contributed by atoms with Gasteiger partial charge in [-0.2, -0.15) is 0 Å². The fraction of sp³-hybridized carbons (Fsp3) is 0.278. The number of fused-ring (bicyclic) bond motifs is 1. The maximum atomic E-state index is 12.7. The normalized spacial score (nSPS) is 14.5. The number of aromatic hydroxyl groups is 1. The molecule has 2 aromatic rings. The lowest BCUT2D eigenvalue weighted by Gasteiger charge is -2.11. The highest BCUT2D eigenvalue weighted by Gasteiger charge is 2.34. The van der Waals surface area contributed by atoms with Crippen LogP contribution in [0, 0.1) is 0 Å². The third kappa shape index (κ3) is 2.53. The smallest absolute Gasteiger partial charge is 0.279 e. The Kier molecular flexibility index (Phi) is 4.49. The van der Waals surface area contributed by atoms with Gasteiger partial charge in [0.05, 0.1) is 11.1 Å². The molecule has 1 aromatic heterocycles. The van der Waals surface area contributed by atoms with Gasteiger partial charge in [0.2, 0.25) is 11.0 Å². The monoisotopic (exact) mass is 341 g/mol. The van der Waals surface area contributed by atoms with Crippen LogP contribution < -0.4 is 0 Å². The molecule has 0 radical (unpaired) electrons. The quantitative estimate of drug-likeness (QED) is 0.648. The topological polar surface area (TPSA) is 57.8 Å². The highest BCUT2D eigenvalue weighted by atomic mass is 32.1. The van der Waals surface area contributed by atoms with Crippen LogP contribution in [-0.4, -0.2) is 37.8 Å². The minimum atomic E-state index is -0.298. The van der Waals surface area contributed by atoms with Gasteiger partial charge in [-0.1, -0.05) is 37.6 Å². The van der Waals surface area contributed by atoms with Gasteiger partial charge in [-0.05, 0) is 24.7 Å². The molecule has 5 nitrogen and oxygen atoms in total. The lowest BCUT2D eigenvalue weighted by atomic mass is 10.1. The van der Waals surface area contributed by atoms with Crippen LogP contribution in [0.25, 0.3) is 10.9 Å². The average molecular weight is 341 g/mol. The number of carbonyl (C=O) groups is 1. The van der Waals surface area contributed by atoms with Crippen molar-refractivity contribution in [2.24, 2.45) is 4.99 Å². The molecule has 124 valence electrons. The minimum absolute atomic E-state index is 0.0694. The fourth-order valence-electron chi connectivity index (χ4n) is 2.94. The van der Waals surface area contributed by atoms with Crippen LogP contribution in [0.5, 0.6) is 5.88 Å². The first-order valence-corrected chi connectivity index (χ1v) is 8.37. The molecule has 0 saturated heterocycles. The van der Waals surface area contributed by atoms with Gasteiger partial charge in [-0.3, -0.25) is 9.69 Å². The summed E-state index contributed by atoms with van der Waals surface area (Å²) in [6.45, 7) is 6.73. The first-order chi connectivity index (χ1) is 11.6. The van der Waals surface area contributed by atoms with Gasteiger partial charge in [0.25, 0.3) is 5.91 Å². The van der Waals surface area contributed by atoms with Gasteiger partial charge >= 0.3 is 0 Å². The van der Waals surface area contributed by atoms with Gasteiger partial charge in [0.1, 0.15) is 5.71 Å². The van der Waals surface area contributed by atoms with Crippen molar-refractivity contribution in [1.29, 1.82) is 0 Å². The van der Waals surface area contributed by atoms with E-state index in [1.54, 1.807) is 6.08 Å². The maximum absolute atomic E-state index is 12.7. The summed E-state index contributed by atoms with van der Waals surface area (Å²) in [5.74, 6) is -0.228. The molecule has 1 aliphatic heterocycles. The number of aryl methyl sites for hydroxylation is 1. The van der Waals surface area contributed by atoms with Crippen molar-refractivity contribution in [3.8, 4) is 5.88 Å². The molecule has 0 bridgehead atoms. The van der Waals surface area contributed by atoms with E-state index in [0.29, 0.717) is 18.7 Å². The van der Waals surface area contributed by atoms with E-state index in [-0.39, 0.29) is 22.6 Å². The Labute approximate surface area is 145 Å². The molecule has 1 N–H and O–H groups in total. The predicted molar refractivity (Wildman–Crippen MR) is 99.6 cm³/mol. The van der Waals surface area contributed by atoms with Crippen LogP contribution in [0.1, 0.15) is 25.3 Å². The minimum Gasteiger partial charge on any atom is -0.494 e. The number of amides is 1. The Hall–Kier alpha value is -2.47. The molecule has 1 aromatic carbocycles. The summed E-state index contributed by atoms with van der Waals surface area (Å²) in [5.41, 5.74) is 1.55. The summed E-state index contributed by atoms with van der Waals surface area (Å²) in [6, 6.07) is 7.63. The summed E-state index contributed by atoms with van der Waals surface area (Å²) in [7, 11) is 0. The SMILES string of the molecule is C=CCN1C(=O)C(c2c(O)n(CCCC)c3ccccc23)=NC1=S. The van der Waals surface area contributed by atoms with Crippen LogP contribution in [0.15, 0.2) is 41.9 Å². The molecule has 3 rings (SSSR count). The van der Waals surface area contributed by atoms with Crippen LogP contribution in [-0.2, 0) is 11.3 Å². The van der Waals surface area contributed by atoms with Crippen molar-refractivity contribution in [2.75, 3.05) is 6.54 Å². The van der Waals surface area contributed by atoms with Gasteiger partial charge in [0, 0.05) is 18.5 Å². The molecular formula is C18H19N3O2S. The van der Waals surface area contributed by atoms with Crippen molar-refractivity contribution in [1.82, 2.24) is 9.47 Å². The van der Waals surface area contributed by atoms with Crippen LogP contribution in [0.2, 0.25) is 0 Å². The molecule has 0 fully saturated rings. The third-order valence-corrected chi connectivity index (χ3v) is 4.42. The van der Waals surface area contributed by atoms with E-state index < -0.39 is 0 Å². The molecule has 1 amide bonds. The summed E-state index contributed by atoms with van der Waals surface area (Å²) in [6.07, 6.45) is 3.55. The number of hydrogen-bond acceptors (Lipinski definition) is 3. The molecule has 24 heavy (non-hydrogen) atoms. The van der Waals surface area contributed by atoms with E-state index in [1.807, 2.05) is 28.8 Å². The molecule has 0 saturated carbocycles. The Bertz CT molecular complexity index is 867. The molecular weight excluding hydrogens is 322 g/mol. The summed E-state index contributed by atoms with van der Waals surface area (Å²) in [4.78, 5) is 18.3. The second kappa shape index (κ2) is 6.57. The first kappa shape index (κ1) is 16.4. The lowest BCUT2D eigenvalue weighted by Crippen LogP contribution is -2.32. The van der Waals surface area contributed by atoms with E-state index in [4.69, 9.17) is 12.2 Å². The Morgan fingerprint density at radius 3 is 2.83 bits per heavy atom. The predicted octanol–water partition coefficient (Wildman–Crippen LogP) is 3.25. The zero-order valence-corrected chi connectivity index (χ0v) is 14.3. The fourth-order valence-corrected chi connectivity index (χ4v) is 3.19. The van der Waals surface area contributed by atoms with E-state index in [0.717, 1.165) is 23.7 Å². The number of thiocarbonyl (C=S) groups is 1. The van der Waals surface area contributed by atoms with Crippen molar-refractivity contribution in [3.63, 3.8) is 0 Å². The number of hydrogen-bond donors (Lipinski definition) is 1. The van der Waals surface area contributed by atoms with Gasteiger partial charge in [-0.25, -0.2) is 4.99 Å². The third-order valence-electron chi connectivity index (χ3n) is 4.11. The second-order valence-electron chi connectivity index (χ2n) is 5.67. The van der Waals surface area contributed by atoms with Gasteiger partial charge in [0.15, 0.2) is 0 Å². The summed E-state index contributed by atoms with van der Waals surface area (Å²) >= 11 is 5.18. The van der Waals surface area contributed by atoms with E-state index in [9.17, 15) is 9.90 Å². The molecule has 0 aliphatic carbocycles. The maximum Gasteiger partial charge on any atom is 0.279 e. The van der Waals surface area contributed by atoms with Crippen molar-refractivity contribution in [2.45, 2.75) is 26.3 Å². The number of nitrogens with zero attached hydrogens (tertiary/aromatic N) is 3. The molecule has 0 atom stereocenters. The molecule has 2 heterocycles. The number of rotatable bonds is 6. The highest BCUT2D eigenvalue weighted by molar-refractivity contribution is 7.80. The van der Waals surface area contributed by atoms with E-state index in [1.165, 1.54) is 4.90 Å². The zero-order chi connectivity index (χ0) is 17.3. The van der Waals surface area contributed by atoms with Crippen molar-refractivity contribution in [3.05, 3.63) is 42.5 Å². The Balaban J connectivity index is 2.15. The molecule has 6 heteroatoms. The Morgan fingerprint density at radius 1 is 1.38 bits per heavy atom. The zero-order valence-electron chi connectivity index (χ0n) is 13.5. The molecule has 0 spiro atoms.